The van der Waals surface area contributed by atoms with Gasteiger partial charge in [0.1, 0.15) is 0 Å². The summed E-state index contributed by atoms with van der Waals surface area (Å²) >= 11 is 0. The van der Waals surface area contributed by atoms with Crippen LogP contribution in [-0.4, -0.2) is 29.4 Å². The monoisotopic (exact) mass is 289 g/mol. The van der Waals surface area contributed by atoms with Crippen molar-refractivity contribution in [1.82, 2.24) is 4.90 Å². The summed E-state index contributed by atoms with van der Waals surface area (Å²) in [7, 11) is 0. The molecule has 0 bridgehead atoms. The predicted molar refractivity (Wildman–Crippen MR) is 87.1 cm³/mol. The van der Waals surface area contributed by atoms with Gasteiger partial charge in [-0.2, -0.15) is 0 Å². The molecule has 1 aromatic rings. The van der Waals surface area contributed by atoms with Crippen LogP contribution in [0.2, 0.25) is 0 Å². The van der Waals surface area contributed by atoms with Crippen LogP contribution in [0.5, 0.6) is 0 Å². The summed E-state index contributed by atoms with van der Waals surface area (Å²) in [5.41, 5.74) is 7.34. The molecule has 4 heteroatoms. The third kappa shape index (κ3) is 4.55. The van der Waals surface area contributed by atoms with Crippen molar-refractivity contribution in [3.05, 3.63) is 29.8 Å². The summed E-state index contributed by atoms with van der Waals surface area (Å²) < 4.78 is 0. The van der Waals surface area contributed by atoms with Crippen molar-refractivity contribution in [2.45, 2.75) is 51.6 Å². The Labute approximate surface area is 127 Å². The molecule has 1 amide bonds. The van der Waals surface area contributed by atoms with Gasteiger partial charge in [-0.3, -0.25) is 9.69 Å². The summed E-state index contributed by atoms with van der Waals surface area (Å²) in [6.45, 7) is 7.21. The molecule has 1 saturated heterocycles. The van der Waals surface area contributed by atoms with Gasteiger partial charge in [-0.1, -0.05) is 25.5 Å². The molecule has 1 aliphatic rings. The number of amides is 1. The molecule has 0 radical (unpaired) electrons. The lowest BCUT2D eigenvalue weighted by molar-refractivity contribution is -0.120. The zero-order valence-corrected chi connectivity index (χ0v) is 13.2. The van der Waals surface area contributed by atoms with Gasteiger partial charge in [-0.15, -0.1) is 0 Å². The highest BCUT2D eigenvalue weighted by atomic mass is 16.2. The van der Waals surface area contributed by atoms with Crippen LogP contribution >= 0.6 is 0 Å². The lowest BCUT2D eigenvalue weighted by Crippen LogP contribution is -2.48. The normalized spacial score (nSPS) is 18.4. The second-order valence-corrected chi connectivity index (χ2v) is 6.30. The first-order valence-corrected chi connectivity index (χ1v) is 7.93. The molecule has 0 saturated carbocycles. The molecule has 0 spiro atoms. The first-order chi connectivity index (χ1) is 10.0. The molecule has 1 atom stereocenters. The minimum atomic E-state index is -0.803. The van der Waals surface area contributed by atoms with Crippen molar-refractivity contribution < 1.29 is 4.79 Å². The number of carbonyl (C=O) groups is 1. The number of nitrogens with one attached hydrogen (secondary N) is 1. The number of carbonyl (C=O) groups excluding carboxylic acids is 1. The van der Waals surface area contributed by atoms with Crippen LogP contribution in [0.4, 0.5) is 5.69 Å². The highest BCUT2D eigenvalue weighted by Gasteiger charge is 2.27. The van der Waals surface area contributed by atoms with Crippen molar-refractivity contribution in [2.24, 2.45) is 5.73 Å². The highest BCUT2D eigenvalue weighted by molar-refractivity contribution is 5.97. The number of anilines is 1. The Morgan fingerprint density at radius 2 is 1.90 bits per heavy atom. The summed E-state index contributed by atoms with van der Waals surface area (Å²) in [4.78, 5) is 14.6. The SMILES string of the molecule is CCCC(C)(N)C(=O)Nc1ccc(CN2CCCC2)cc1. The summed E-state index contributed by atoms with van der Waals surface area (Å²) in [5, 5.41) is 2.91. The molecule has 1 unspecified atom stereocenters. The van der Waals surface area contributed by atoms with Gasteiger partial charge in [0, 0.05) is 12.2 Å². The molecule has 1 heterocycles. The second kappa shape index (κ2) is 7.05. The topological polar surface area (TPSA) is 58.4 Å². The summed E-state index contributed by atoms with van der Waals surface area (Å²) in [5.74, 6) is -0.114. The first-order valence-electron chi connectivity index (χ1n) is 7.93. The largest absolute Gasteiger partial charge is 0.325 e. The zero-order valence-electron chi connectivity index (χ0n) is 13.2. The van der Waals surface area contributed by atoms with E-state index in [4.69, 9.17) is 5.73 Å². The smallest absolute Gasteiger partial charge is 0.244 e. The van der Waals surface area contributed by atoms with Gasteiger partial charge < -0.3 is 11.1 Å². The van der Waals surface area contributed by atoms with E-state index in [9.17, 15) is 4.79 Å². The first kappa shape index (κ1) is 16.0. The molecule has 116 valence electrons. The van der Waals surface area contributed by atoms with E-state index in [0.717, 1.165) is 18.7 Å². The van der Waals surface area contributed by atoms with E-state index in [1.54, 1.807) is 6.92 Å². The van der Waals surface area contributed by atoms with Crippen LogP contribution in [-0.2, 0) is 11.3 Å². The van der Waals surface area contributed by atoms with E-state index in [0.29, 0.717) is 6.42 Å². The van der Waals surface area contributed by atoms with Gasteiger partial charge in [0.05, 0.1) is 5.54 Å². The minimum Gasteiger partial charge on any atom is -0.325 e. The maximum Gasteiger partial charge on any atom is 0.244 e. The Morgan fingerprint density at radius 1 is 1.29 bits per heavy atom. The van der Waals surface area contributed by atoms with Crippen molar-refractivity contribution in [1.29, 1.82) is 0 Å². The maximum absolute atomic E-state index is 12.1. The number of likely N-dealkylation sites (tertiary alicyclic amines) is 1. The van der Waals surface area contributed by atoms with Crippen molar-refractivity contribution in [3.8, 4) is 0 Å². The lowest BCUT2D eigenvalue weighted by atomic mass is 9.96. The van der Waals surface area contributed by atoms with Gasteiger partial charge in [0.25, 0.3) is 0 Å². The molecule has 3 N–H and O–H groups in total. The van der Waals surface area contributed by atoms with Crippen molar-refractivity contribution in [3.63, 3.8) is 0 Å². The Balaban J connectivity index is 1.91. The fraction of sp³-hybridized carbons (Fsp3) is 0.588. The fourth-order valence-electron chi connectivity index (χ4n) is 2.80. The minimum absolute atomic E-state index is 0.114. The highest BCUT2D eigenvalue weighted by Crippen LogP contribution is 2.17. The van der Waals surface area contributed by atoms with Gasteiger partial charge in [-0.05, 0) is 57.0 Å². The number of benzene rings is 1. The number of hydrogen-bond donors (Lipinski definition) is 2. The van der Waals surface area contributed by atoms with Crippen LogP contribution in [0, 0.1) is 0 Å². The van der Waals surface area contributed by atoms with Gasteiger partial charge >= 0.3 is 0 Å². The molecular weight excluding hydrogens is 262 g/mol. The van der Waals surface area contributed by atoms with E-state index in [1.165, 1.54) is 31.5 Å². The van der Waals surface area contributed by atoms with Crippen LogP contribution in [0.3, 0.4) is 0 Å². The van der Waals surface area contributed by atoms with Crippen LogP contribution < -0.4 is 11.1 Å². The number of nitrogens with zero attached hydrogens (tertiary/aromatic N) is 1. The van der Waals surface area contributed by atoms with Crippen molar-refractivity contribution in [2.75, 3.05) is 18.4 Å². The molecule has 1 aliphatic heterocycles. The molecular formula is C17H27N3O. The van der Waals surface area contributed by atoms with E-state index >= 15 is 0 Å². The maximum atomic E-state index is 12.1. The average molecular weight is 289 g/mol. The Bertz CT molecular complexity index is 461. The molecule has 1 aromatic carbocycles. The lowest BCUT2D eigenvalue weighted by Gasteiger charge is -2.23. The zero-order chi connectivity index (χ0) is 15.3. The Hall–Kier alpha value is -1.39. The van der Waals surface area contributed by atoms with E-state index in [2.05, 4.69) is 22.3 Å². The van der Waals surface area contributed by atoms with E-state index in [-0.39, 0.29) is 5.91 Å². The second-order valence-electron chi connectivity index (χ2n) is 6.30. The molecule has 0 aliphatic carbocycles. The third-order valence-corrected chi connectivity index (χ3v) is 4.10. The van der Waals surface area contributed by atoms with E-state index in [1.807, 2.05) is 19.1 Å². The van der Waals surface area contributed by atoms with Crippen LogP contribution in [0.15, 0.2) is 24.3 Å². The van der Waals surface area contributed by atoms with Gasteiger partial charge in [0.15, 0.2) is 0 Å². The summed E-state index contributed by atoms with van der Waals surface area (Å²) in [6, 6.07) is 8.10. The quantitative estimate of drug-likeness (QED) is 0.846. The summed E-state index contributed by atoms with van der Waals surface area (Å²) in [6.07, 6.45) is 4.20. The van der Waals surface area contributed by atoms with Gasteiger partial charge in [0.2, 0.25) is 5.91 Å². The van der Waals surface area contributed by atoms with Crippen LogP contribution in [0.1, 0.15) is 45.1 Å². The average Bonchev–Trinajstić information content (AvgIpc) is 2.94. The van der Waals surface area contributed by atoms with E-state index < -0.39 is 5.54 Å². The molecule has 2 rings (SSSR count). The Morgan fingerprint density at radius 3 is 2.48 bits per heavy atom. The van der Waals surface area contributed by atoms with Crippen molar-refractivity contribution >= 4 is 11.6 Å². The fourth-order valence-corrected chi connectivity index (χ4v) is 2.80. The number of hydrogen-bond acceptors (Lipinski definition) is 3. The third-order valence-electron chi connectivity index (χ3n) is 4.10. The predicted octanol–water partition coefficient (Wildman–Crippen LogP) is 2.74. The Kier molecular flexibility index (Phi) is 5.37. The standard InChI is InChI=1S/C17H27N3O/c1-3-10-17(2,18)16(21)19-15-8-6-14(7-9-15)13-20-11-4-5-12-20/h6-9H,3-5,10-13,18H2,1-2H3,(H,19,21). The number of rotatable bonds is 6. The number of nitrogens with two attached hydrogens (primary N) is 1. The molecule has 21 heavy (non-hydrogen) atoms. The molecule has 4 nitrogen and oxygen atoms in total. The van der Waals surface area contributed by atoms with Crippen LogP contribution in [0.25, 0.3) is 0 Å². The molecule has 0 aromatic heterocycles. The molecule has 1 fully saturated rings. The van der Waals surface area contributed by atoms with Gasteiger partial charge in [-0.25, -0.2) is 0 Å².